The molecule has 1 unspecified atom stereocenters. The molecule has 4 rings (SSSR count). The zero-order valence-corrected chi connectivity index (χ0v) is 13.9. The summed E-state index contributed by atoms with van der Waals surface area (Å²) in [5.41, 5.74) is 2.03. The molecule has 6 heteroatoms. The molecule has 0 bridgehead atoms. The van der Waals surface area contributed by atoms with Crippen LogP contribution in [0.25, 0.3) is 11.0 Å². The van der Waals surface area contributed by atoms with Gasteiger partial charge in [0.25, 0.3) is 5.91 Å². The van der Waals surface area contributed by atoms with E-state index in [9.17, 15) is 4.79 Å². The second kappa shape index (κ2) is 6.47. The average Bonchev–Trinajstić information content (AvgIpc) is 2.96. The minimum Gasteiger partial charge on any atom is -0.485 e. The number of aryl methyl sites for hydroxylation is 1. The first kappa shape index (κ1) is 15.5. The number of amides is 1. The van der Waals surface area contributed by atoms with Gasteiger partial charge in [0, 0.05) is 13.1 Å². The number of nitrogens with one attached hydrogen (secondary N) is 1. The normalized spacial score (nSPS) is 16.0. The molecule has 0 saturated heterocycles. The fourth-order valence-electron chi connectivity index (χ4n) is 3.03. The van der Waals surface area contributed by atoms with Gasteiger partial charge in [-0.25, -0.2) is 4.98 Å². The van der Waals surface area contributed by atoms with Crippen LogP contribution in [0, 0.1) is 6.92 Å². The fraction of sp³-hybridized carbons (Fsp3) is 0.263. The molecule has 0 saturated carbocycles. The molecule has 1 aliphatic heterocycles. The van der Waals surface area contributed by atoms with Crippen molar-refractivity contribution in [3.8, 4) is 11.5 Å². The Labute approximate surface area is 145 Å². The number of carbonyl (C=O) groups is 1. The van der Waals surface area contributed by atoms with Crippen molar-refractivity contribution in [3.63, 3.8) is 0 Å². The Morgan fingerprint density at radius 2 is 1.96 bits per heavy atom. The molecule has 6 nitrogen and oxygen atoms in total. The van der Waals surface area contributed by atoms with E-state index in [-0.39, 0.29) is 12.5 Å². The van der Waals surface area contributed by atoms with Gasteiger partial charge in [0.15, 0.2) is 11.5 Å². The molecule has 0 spiro atoms. The van der Waals surface area contributed by atoms with Crippen LogP contribution in [0.2, 0.25) is 0 Å². The predicted octanol–water partition coefficient (Wildman–Crippen LogP) is 2.30. The summed E-state index contributed by atoms with van der Waals surface area (Å²) in [6.07, 6.45) is -0.629. The molecule has 2 heterocycles. The van der Waals surface area contributed by atoms with E-state index in [1.165, 1.54) is 0 Å². The quantitative estimate of drug-likeness (QED) is 0.793. The summed E-state index contributed by atoms with van der Waals surface area (Å²) in [5.74, 6) is 2.04. The number of para-hydroxylation sites is 4. The molecule has 2 aromatic carbocycles. The summed E-state index contributed by atoms with van der Waals surface area (Å²) in [6.45, 7) is 3.34. The number of rotatable bonds is 4. The number of ether oxygens (including phenoxy) is 2. The van der Waals surface area contributed by atoms with Crippen molar-refractivity contribution >= 4 is 16.9 Å². The molecule has 1 amide bonds. The highest BCUT2D eigenvalue weighted by molar-refractivity contribution is 5.81. The van der Waals surface area contributed by atoms with E-state index in [1.807, 2.05) is 49.4 Å². The van der Waals surface area contributed by atoms with Crippen LogP contribution in [0.4, 0.5) is 0 Å². The summed E-state index contributed by atoms with van der Waals surface area (Å²) in [7, 11) is 0. The van der Waals surface area contributed by atoms with Crippen LogP contribution in [0.3, 0.4) is 0 Å². The van der Waals surface area contributed by atoms with Gasteiger partial charge in [-0.1, -0.05) is 24.3 Å². The van der Waals surface area contributed by atoms with E-state index in [0.717, 1.165) is 16.9 Å². The number of hydrogen-bond donors (Lipinski definition) is 1. The number of imidazole rings is 1. The molecular weight excluding hydrogens is 318 g/mol. The third-order valence-electron chi connectivity index (χ3n) is 4.28. The zero-order valence-electron chi connectivity index (χ0n) is 13.9. The van der Waals surface area contributed by atoms with Gasteiger partial charge in [0.2, 0.25) is 6.10 Å². The molecule has 3 aromatic rings. The largest absolute Gasteiger partial charge is 0.485 e. The Morgan fingerprint density at radius 3 is 2.84 bits per heavy atom. The molecule has 1 aromatic heterocycles. The van der Waals surface area contributed by atoms with Crippen LogP contribution in [0.5, 0.6) is 11.5 Å². The lowest BCUT2D eigenvalue weighted by molar-refractivity contribution is -0.130. The number of nitrogens with zero attached hydrogens (tertiary/aromatic N) is 2. The maximum absolute atomic E-state index is 12.3. The van der Waals surface area contributed by atoms with Gasteiger partial charge >= 0.3 is 0 Å². The maximum Gasteiger partial charge on any atom is 0.264 e. The Balaban J connectivity index is 1.37. The summed E-state index contributed by atoms with van der Waals surface area (Å²) in [5, 5.41) is 2.92. The highest BCUT2D eigenvalue weighted by atomic mass is 16.6. The Morgan fingerprint density at radius 1 is 1.20 bits per heavy atom. The van der Waals surface area contributed by atoms with Gasteiger partial charge in [0.1, 0.15) is 12.4 Å². The third-order valence-corrected chi connectivity index (χ3v) is 4.28. The van der Waals surface area contributed by atoms with Gasteiger partial charge in [-0.05, 0) is 31.2 Å². The van der Waals surface area contributed by atoms with Crippen molar-refractivity contribution in [2.75, 3.05) is 13.2 Å². The highest BCUT2D eigenvalue weighted by Crippen LogP contribution is 2.30. The second-order valence-electron chi connectivity index (χ2n) is 5.95. The first-order valence-electron chi connectivity index (χ1n) is 8.30. The van der Waals surface area contributed by atoms with Crippen LogP contribution < -0.4 is 14.8 Å². The standard InChI is InChI=1S/C19H19N3O3/c1-13-21-14-6-2-3-7-15(14)22(13)11-10-20-19(23)18-12-24-16-8-4-5-9-17(16)25-18/h2-9,18H,10-12H2,1H3,(H,20,23). The van der Waals surface area contributed by atoms with Crippen molar-refractivity contribution in [1.82, 2.24) is 14.9 Å². The van der Waals surface area contributed by atoms with Gasteiger partial charge in [-0.3, -0.25) is 4.79 Å². The molecule has 1 aliphatic rings. The average molecular weight is 337 g/mol. The monoisotopic (exact) mass is 337 g/mol. The maximum atomic E-state index is 12.3. The third kappa shape index (κ3) is 3.03. The molecule has 0 aliphatic carbocycles. The van der Waals surface area contributed by atoms with Crippen LogP contribution >= 0.6 is 0 Å². The minimum absolute atomic E-state index is 0.170. The summed E-state index contributed by atoms with van der Waals surface area (Å²) >= 11 is 0. The van der Waals surface area contributed by atoms with Crippen LogP contribution in [-0.2, 0) is 11.3 Å². The fourth-order valence-corrected chi connectivity index (χ4v) is 3.03. The van der Waals surface area contributed by atoms with E-state index in [4.69, 9.17) is 9.47 Å². The molecule has 1 atom stereocenters. The van der Waals surface area contributed by atoms with Gasteiger partial charge in [0.05, 0.1) is 11.0 Å². The van der Waals surface area contributed by atoms with Crippen molar-refractivity contribution in [2.45, 2.75) is 19.6 Å². The molecule has 0 fully saturated rings. The van der Waals surface area contributed by atoms with Crippen molar-refractivity contribution < 1.29 is 14.3 Å². The van der Waals surface area contributed by atoms with Crippen LogP contribution in [0.15, 0.2) is 48.5 Å². The first-order chi connectivity index (χ1) is 12.2. The second-order valence-corrected chi connectivity index (χ2v) is 5.95. The molecule has 0 radical (unpaired) electrons. The highest BCUT2D eigenvalue weighted by Gasteiger charge is 2.26. The summed E-state index contributed by atoms with van der Waals surface area (Å²) < 4.78 is 13.4. The van der Waals surface area contributed by atoms with Gasteiger partial charge < -0.3 is 19.4 Å². The van der Waals surface area contributed by atoms with Crippen molar-refractivity contribution in [1.29, 1.82) is 0 Å². The van der Waals surface area contributed by atoms with Crippen molar-refractivity contribution in [2.24, 2.45) is 0 Å². The van der Waals surface area contributed by atoms with Gasteiger partial charge in [-0.15, -0.1) is 0 Å². The number of aromatic nitrogens is 2. The Kier molecular flexibility index (Phi) is 4.01. The van der Waals surface area contributed by atoms with E-state index in [1.54, 1.807) is 6.07 Å². The molecular formula is C19H19N3O3. The minimum atomic E-state index is -0.629. The zero-order chi connectivity index (χ0) is 17.2. The molecule has 1 N–H and O–H groups in total. The van der Waals surface area contributed by atoms with Gasteiger partial charge in [-0.2, -0.15) is 0 Å². The number of carbonyl (C=O) groups excluding carboxylic acids is 1. The van der Waals surface area contributed by atoms with E-state index >= 15 is 0 Å². The SMILES string of the molecule is Cc1nc2ccccc2n1CCNC(=O)C1COc2ccccc2O1. The Hall–Kier alpha value is -3.02. The lowest BCUT2D eigenvalue weighted by Crippen LogP contribution is -2.44. The van der Waals surface area contributed by atoms with Crippen LogP contribution in [0.1, 0.15) is 5.82 Å². The lowest BCUT2D eigenvalue weighted by Gasteiger charge is -2.25. The van der Waals surface area contributed by atoms with E-state index in [0.29, 0.717) is 24.6 Å². The predicted molar refractivity (Wildman–Crippen MR) is 93.8 cm³/mol. The number of benzene rings is 2. The van der Waals surface area contributed by atoms with Crippen LogP contribution in [-0.4, -0.2) is 34.7 Å². The van der Waals surface area contributed by atoms with E-state index < -0.39 is 6.10 Å². The topological polar surface area (TPSA) is 65.4 Å². The number of fused-ring (bicyclic) bond motifs is 2. The van der Waals surface area contributed by atoms with E-state index in [2.05, 4.69) is 14.9 Å². The summed E-state index contributed by atoms with van der Waals surface area (Å²) in [4.78, 5) is 16.9. The number of hydrogen-bond acceptors (Lipinski definition) is 4. The first-order valence-corrected chi connectivity index (χ1v) is 8.30. The lowest BCUT2D eigenvalue weighted by atomic mass is 10.2. The Bertz CT molecular complexity index is 919. The van der Waals surface area contributed by atoms with Crippen molar-refractivity contribution in [3.05, 3.63) is 54.4 Å². The summed E-state index contributed by atoms with van der Waals surface area (Å²) in [6, 6.07) is 15.3. The molecule has 128 valence electrons. The molecule has 25 heavy (non-hydrogen) atoms. The smallest absolute Gasteiger partial charge is 0.264 e.